The van der Waals surface area contributed by atoms with Gasteiger partial charge < -0.3 is 11.1 Å². The average Bonchev–Trinajstić information content (AvgIpc) is 2.15. The Hall–Kier alpha value is 0.130. The van der Waals surface area contributed by atoms with Gasteiger partial charge in [0.2, 0.25) is 5.91 Å². The van der Waals surface area contributed by atoms with Crippen molar-refractivity contribution in [2.45, 2.75) is 24.6 Å². The van der Waals surface area contributed by atoms with E-state index in [-0.39, 0.29) is 11.9 Å². The van der Waals surface area contributed by atoms with Crippen molar-refractivity contribution < 1.29 is 4.79 Å². The summed E-state index contributed by atoms with van der Waals surface area (Å²) in [6.07, 6.45) is 0.435. The van der Waals surface area contributed by atoms with Gasteiger partial charge in [-0.3, -0.25) is 4.79 Å². The summed E-state index contributed by atoms with van der Waals surface area (Å²) in [7, 11) is 0. The van der Waals surface area contributed by atoms with Crippen LogP contribution in [0.2, 0.25) is 0 Å². The summed E-state index contributed by atoms with van der Waals surface area (Å²) in [6.45, 7) is 2.65. The monoisotopic (exact) mass is 234 g/mol. The van der Waals surface area contributed by atoms with Crippen LogP contribution in [0.3, 0.4) is 0 Å². The lowest BCUT2D eigenvalue weighted by atomic mass is 10.2. The maximum Gasteiger partial charge on any atom is 0.221 e. The van der Waals surface area contributed by atoms with Gasteiger partial charge in [0, 0.05) is 41.5 Å². The quantitative estimate of drug-likeness (QED) is 0.751. The van der Waals surface area contributed by atoms with E-state index in [1.54, 1.807) is 0 Å². The van der Waals surface area contributed by atoms with Crippen LogP contribution in [-0.2, 0) is 4.79 Å². The molecule has 0 bridgehead atoms. The van der Waals surface area contributed by atoms with Crippen LogP contribution in [0.4, 0.5) is 0 Å². The van der Waals surface area contributed by atoms with E-state index < -0.39 is 0 Å². The van der Waals surface area contributed by atoms with Crippen molar-refractivity contribution in [2.75, 3.05) is 23.8 Å². The molecule has 1 rings (SSSR count). The molecule has 1 fully saturated rings. The maximum absolute atomic E-state index is 11.3. The van der Waals surface area contributed by atoms with Crippen LogP contribution >= 0.6 is 23.5 Å². The average molecular weight is 234 g/mol. The van der Waals surface area contributed by atoms with Crippen LogP contribution in [0.5, 0.6) is 0 Å². The van der Waals surface area contributed by atoms with E-state index in [1.807, 2.05) is 30.4 Å². The van der Waals surface area contributed by atoms with Gasteiger partial charge in [-0.05, 0) is 6.92 Å². The first-order chi connectivity index (χ1) is 6.68. The van der Waals surface area contributed by atoms with Crippen LogP contribution in [-0.4, -0.2) is 41.0 Å². The molecule has 0 aromatic carbocycles. The minimum absolute atomic E-state index is 0.0385. The van der Waals surface area contributed by atoms with E-state index in [9.17, 15) is 4.79 Å². The molecule has 2 atom stereocenters. The van der Waals surface area contributed by atoms with E-state index in [2.05, 4.69) is 5.32 Å². The fourth-order valence-corrected chi connectivity index (χ4v) is 3.86. The van der Waals surface area contributed by atoms with Crippen molar-refractivity contribution in [1.29, 1.82) is 0 Å². The lowest BCUT2D eigenvalue weighted by molar-refractivity contribution is -0.121. The zero-order chi connectivity index (χ0) is 10.4. The molecule has 5 heteroatoms. The number of hydrogen-bond donors (Lipinski definition) is 2. The summed E-state index contributed by atoms with van der Waals surface area (Å²) in [5.74, 6) is 3.69. The van der Waals surface area contributed by atoms with E-state index in [4.69, 9.17) is 5.73 Å². The van der Waals surface area contributed by atoms with Crippen LogP contribution in [0.25, 0.3) is 0 Å². The van der Waals surface area contributed by atoms with Gasteiger partial charge in [-0.1, -0.05) is 0 Å². The highest BCUT2D eigenvalue weighted by atomic mass is 32.2. The van der Waals surface area contributed by atoms with Crippen molar-refractivity contribution in [3.63, 3.8) is 0 Å². The fraction of sp³-hybridized carbons (Fsp3) is 0.889. The van der Waals surface area contributed by atoms with Crippen LogP contribution in [0.15, 0.2) is 0 Å². The Balaban J connectivity index is 2.09. The van der Waals surface area contributed by atoms with Gasteiger partial charge in [0.15, 0.2) is 0 Å². The van der Waals surface area contributed by atoms with Crippen molar-refractivity contribution in [3.8, 4) is 0 Å². The molecule has 1 saturated heterocycles. The fourth-order valence-electron chi connectivity index (χ4n) is 1.25. The third kappa shape index (κ3) is 5.12. The zero-order valence-corrected chi connectivity index (χ0v) is 10.1. The number of carbonyl (C=O) groups excluding carboxylic acids is 1. The van der Waals surface area contributed by atoms with Crippen molar-refractivity contribution in [3.05, 3.63) is 0 Å². The van der Waals surface area contributed by atoms with Gasteiger partial charge in [-0.2, -0.15) is 23.5 Å². The van der Waals surface area contributed by atoms with Gasteiger partial charge in [0.05, 0.1) is 0 Å². The highest BCUT2D eigenvalue weighted by Crippen LogP contribution is 2.23. The topological polar surface area (TPSA) is 55.1 Å². The largest absolute Gasteiger partial charge is 0.355 e. The van der Waals surface area contributed by atoms with Crippen molar-refractivity contribution in [1.82, 2.24) is 5.32 Å². The first-order valence-corrected chi connectivity index (χ1v) is 7.10. The number of hydrogen-bond acceptors (Lipinski definition) is 4. The molecular formula is C9H18N2OS2. The molecule has 0 spiro atoms. The maximum atomic E-state index is 11.3. The molecule has 0 aromatic heterocycles. The van der Waals surface area contributed by atoms with Crippen LogP contribution in [0.1, 0.15) is 13.3 Å². The number of thioether (sulfide) groups is 2. The molecule has 0 radical (unpaired) electrons. The molecule has 0 saturated carbocycles. The van der Waals surface area contributed by atoms with E-state index in [0.29, 0.717) is 11.7 Å². The highest BCUT2D eigenvalue weighted by molar-refractivity contribution is 8.06. The molecule has 3 nitrogen and oxygen atoms in total. The van der Waals surface area contributed by atoms with Gasteiger partial charge >= 0.3 is 0 Å². The normalized spacial score (nSPS) is 24.3. The summed E-state index contributed by atoms with van der Waals surface area (Å²) in [5, 5.41) is 3.52. The SMILES string of the molecule is CC(N)CC(=O)NCC1CSCCS1. The first kappa shape index (κ1) is 12.2. The summed E-state index contributed by atoms with van der Waals surface area (Å²) >= 11 is 3.93. The second kappa shape index (κ2) is 6.58. The minimum Gasteiger partial charge on any atom is -0.355 e. The van der Waals surface area contributed by atoms with E-state index in [0.717, 1.165) is 12.3 Å². The molecule has 0 aliphatic carbocycles. The lowest BCUT2D eigenvalue weighted by Crippen LogP contribution is -2.36. The zero-order valence-electron chi connectivity index (χ0n) is 8.49. The van der Waals surface area contributed by atoms with Crippen molar-refractivity contribution in [2.24, 2.45) is 5.73 Å². The number of amides is 1. The molecule has 1 aliphatic heterocycles. The summed E-state index contributed by atoms with van der Waals surface area (Å²) in [4.78, 5) is 11.3. The van der Waals surface area contributed by atoms with E-state index in [1.165, 1.54) is 11.5 Å². The Kier molecular flexibility index (Phi) is 5.74. The molecule has 14 heavy (non-hydrogen) atoms. The number of nitrogens with two attached hydrogens (primary N) is 1. The Morgan fingerprint density at radius 3 is 3.00 bits per heavy atom. The van der Waals surface area contributed by atoms with Crippen LogP contribution < -0.4 is 11.1 Å². The predicted octanol–water partition coefficient (Wildman–Crippen LogP) is 0.689. The lowest BCUT2D eigenvalue weighted by Gasteiger charge is -2.21. The predicted molar refractivity (Wildman–Crippen MR) is 64.8 cm³/mol. The third-order valence-electron chi connectivity index (χ3n) is 1.92. The molecule has 1 aliphatic rings. The highest BCUT2D eigenvalue weighted by Gasteiger charge is 2.15. The number of carbonyl (C=O) groups is 1. The summed E-state index contributed by atoms with van der Waals surface area (Å²) in [5.41, 5.74) is 5.53. The van der Waals surface area contributed by atoms with Gasteiger partial charge in [-0.15, -0.1) is 0 Å². The van der Waals surface area contributed by atoms with Crippen molar-refractivity contribution >= 4 is 29.4 Å². The standard InChI is InChI=1S/C9H18N2OS2/c1-7(10)4-9(12)11-5-8-6-13-2-3-14-8/h7-8H,2-6,10H2,1H3,(H,11,12). The molecule has 1 heterocycles. The van der Waals surface area contributed by atoms with Gasteiger partial charge in [0.1, 0.15) is 0 Å². The Labute approximate surface area is 94.0 Å². The number of nitrogens with one attached hydrogen (secondary N) is 1. The van der Waals surface area contributed by atoms with Crippen LogP contribution in [0, 0.1) is 0 Å². The molecular weight excluding hydrogens is 216 g/mol. The molecule has 2 unspecified atom stereocenters. The Bertz CT molecular complexity index is 182. The smallest absolute Gasteiger partial charge is 0.221 e. The first-order valence-electron chi connectivity index (χ1n) is 4.90. The minimum atomic E-state index is -0.0385. The van der Waals surface area contributed by atoms with E-state index >= 15 is 0 Å². The Morgan fingerprint density at radius 1 is 1.64 bits per heavy atom. The molecule has 3 N–H and O–H groups in total. The second-order valence-corrected chi connectivity index (χ2v) is 6.11. The second-order valence-electron chi connectivity index (χ2n) is 3.55. The Morgan fingerprint density at radius 2 is 2.43 bits per heavy atom. The summed E-state index contributed by atoms with van der Waals surface area (Å²) in [6, 6.07) is -0.0385. The number of rotatable bonds is 4. The molecule has 0 aromatic rings. The molecule has 82 valence electrons. The third-order valence-corrected chi connectivity index (χ3v) is 4.76. The van der Waals surface area contributed by atoms with Gasteiger partial charge in [-0.25, -0.2) is 0 Å². The van der Waals surface area contributed by atoms with Gasteiger partial charge in [0.25, 0.3) is 0 Å². The summed E-state index contributed by atoms with van der Waals surface area (Å²) < 4.78 is 0. The molecule has 1 amide bonds.